The molecule has 0 unspecified atom stereocenters. The number of pyridine rings is 2. The van der Waals surface area contributed by atoms with Crippen LogP contribution in [-0.4, -0.2) is 54.2 Å². The molecule has 0 saturated heterocycles. The molecule has 2 heterocycles. The fraction of sp³-hybridized carbons (Fsp3) is 0.111. The Kier molecular flexibility index (Phi) is 13.8. The predicted octanol–water partition coefficient (Wildman–Crippen LogP) is 8.69. The van der Waals surface area contributed by atoms with E-state index in [9.17, 15) is 28.0 Å². The van der Waals surface area contributed by atoms with Crippen LogP contribution in [0.2, 0.25) is 0 Å². The number of rotatable bonds is 12. The molecular weight excluding hydrogens is 821 g/mol. The summed E-state index contributed by atoms with van der Waals surface area (Å²) in [6.45, 7) is 3.59. The Bertz CT molecular complexity index is 2850. The second kappa shape index (κ2) is 19.7. The second-order valence-electron chi connectivity index (χ2n) is 13.6. The summed E-state index contributed by atoms with van der Waals surface area (Å²) in [6.07, 6.45) is 2.19. The lowest BCUT2D eigenvalue weighted by Gasteiger charge is -2.13. The molecule has 0 atom stereocenters. The number of halogens is 2. The van der Waals surface area contributed by atoms with Crippen LogP contribution >= 0.6 is 0 Å². The summed E-state index contributed by atoms with van der Waals surface area (Å²) in [5.41, 5.74) is 12.1. The van der Waals surface area contributed by atoms with Crippen LogP contribution in [0.4, 0.5) is 29.7 Å². The number of carbonyl (C=O) groups excluding carboxylic acids is 4. The van der Waals surface area contributed by atoms with Crippen molar-refractivity contribution in [2.45, 2.75) is 19.9 Å². The lowest BCUT2D eigenvalue weighted by molar-refractivity contribution is 0.0989. The van der Waals surface area contributed by atoms with E-state index in [0.29, 0.717) is 44.8 Å². The Morgan fingerprint density at radius 2 is 1.06 bits per heavy atom. The molecule has 0 saturated carbocycles. The minimum absolute atomic E-state index is 0.0147. The number of methoxy groups -OCH3 is 2. The van der Waals surface area contributed by atoms with Crippen LogP contribution in [0.25, 0.3) is 21.8 Å². The molecule has 0 aliphatic rings. The Morgan fingerprint density at radius 1 is 0.587 bits per heavy atom. The molecule has 7 aromatic rings. The van der Waals surface area contributed by atoms with Gasteiger partial charge in [0.05, 0.1) is 47.8 Å². The lowest BCUT2D eigenvalue weighted by Crippen LogP contribution is -2.34. The van der Waals surface area contributed by atoms with Crippen LogP contribution < -0.4 is 51.1 Å². The van der Waals surface area contributed by atoms with Gasteiger partial charge in [-0.3, -0.25) is 24.9 Å². The van der Waals surface area contributed by atoms with Gasteiger partial charge in [0, 0.05) is 53.5 Å². The molecule has 0 fully saturated rings. The first-order chi connectivity index (χ1) is 30.2. The number of primary amides is 2. The van der Waals surface area contributed by atoms with E-state index in [4.69, 9.17) is 35.2 Å². The highest BCUT2D eigenvalue weighted by molar-refractivity contribution is 6.02. The van der Waals surface area contributed by atoms with Crippen LogP contribution in [0.5, 0.6) is 40.2 Å². The number of aromatic nitrogens is 2. The molecule has 7 rings (SSSR count). The SMILES string of the molecule is COc1cc2nccc(Oc3ccc(NC(=O)NC(C)C)c(F)c3)c2cc1C(N)=O.COc1cc2nccc(Oc3ccc(NC(=O)Oc4ccccc4)c(F)c3)c2cc1C(N)=O. The number of amides is 5. The maximum Gasteiger partial charge on any atom is 0.417 e. The van der Waals surface area contributed by atoms with Crippen molar-refractivity contribution in [3.05, 3.63) is 138 Å². The molecule has 0 radical (unpaired) electrons. The van der Waals surface area contributed by atoms with Crippen molar-refractivity contribution in [1.29, 1.82) is 0 Å². The van der Waals surface area contributed by atoms with Gasteiger partial charge in [0.25, 0.3) is 11.8 Å². The Hall–Kier alpha value is -8.54. The van der Waals surface area contributed by atoms with Crippen molar-refractivity contribution < 1.29 is 51.6 Å². The molecule has 16 nitrogen and oxygen atoms in total. The number of urea groups is 1. The number of nitrogens with two attached hydrogens (primary N) is 2. The highest BCUT2D eigenvalue weighted by Gasteiger charge is 2.18. The molecule has 0 bridgehead atoms. The van der Waals surface area contributed by atoms with E-state index in [1.54, 1.807) is 68.4 Å². The van der Waals surface area contributed by atoms with Crippen molar-refractivity contribution in [2.75, 3.05) is 24.9 Å². The van der Waals surface area contributed by atoms with Crippen LogP contribution in [0.15, 0.2) is 116 Å². The summed E-state index contributed by atoms with van der Waals surface area (Å²) in [7, 11) is 2.84. The van der Waals surface area contributed by atoms with Gasteiger partial charge in [-0.15, -0.1) is 0 Å². The molecule has 7 N–H and O–H groups in total. The molecule has 5 aromatic carbocycles. The van der Waals surface area contributed by atoms with E-state index < -0.39 is 35.6 Å². The predicted molar refractivity (Wildman–Crippen MR) is 230 cm³/mol. The Labute approximate surface area is 358 Å². The summed E-state index contributed by atoms with van der Waals surface area (Å²) < 4.78 is 56.1. The smallest absolute Gasteiger partial charge is 0.417 e. The molecule has 5 amide bonds. The zero-order valence-electron chi connectivity index (χ0n) is 34.0. The quantitative estimate of drug-likeness (QED) is 0.0780. The Morgan fingerprint density at radius 3 is 1.49 bits per heavy atom. The summed E-state index contributed by atoms with van der Waals surface area (Å²) in [6, 6.07) is 25.1. The van der Waals surface area contributed by atoms with Crippen LogP contribution in [0.3, 0.4) is 0 Å². The van der Waals surface area contributed by atoms with Crippen LogP contribution in [0.1, 0.15) is 34.6 Å². The first-order valence-electron chi connectivity index (χ1n) is 18.8. The second-order valence-corrected chi connectivity index (χ2v) is 13.6. The average molecular weight is 860 g/mol. The van der Waals surface area contributed by atoms with Gasteiger partial charge in [-0.25, -0.2) is 18.4 Å². The van der Waals surface area contributed by atoms with E-state index in [2.05, 4.69) is 25.9 Å². The number of hydrogen-bond donors (Lipinski definition) is 5. The highest BCUT2D eigenvalue weighted by Crippen LogP contribution is 2.36. The van der Waals surface area contributed by atoms with E-state index in [-0.39, 0.29) is 45.8 Å². The Balaban J connectivity index is 0.000000211. The lowest BCUT2D eigenvalue weighted by atomic mass is 10.1. The van der Waals surface area contributed by atoms with Crippen molar-refractivity contribution in [3.63, 3.8) is 0 Å². The normalized spacial score (nSPS) is 10.6. The maximum absolute atomic E-state index is 14.6. The fourth-order valence-corrected chi connectivity index (χ4v) is 5.92. The van der Waals surface area contributed by atoms with Gasteiger partial charge in [0.15, 0.2) is 5.82 Å². The van der Waals surface area contributed by atoms with Gasteiger partial charge < -0.3 is 45.8 Å². The third-order valence-electron chi connectivity index (χ3n) is 8.77. The molecule has 0 aliphatic heterocycles. The number of hydrogen-bond acceptors (Lipinski definition) is 11. The number of nitrogens with zero attached hydrogens (tertiary/aromatic N) is 2. The van der Waals surface area contributed by atoms with Crippen molar-refractivity contribution in [1.82, 2.24) is 15.3 Å². The van der Waals surface area contributed by atoms with Crippen LogP contribution in [-0.2, 0) is 0 Å². The van der Waals surface area contributed by atoms with Gasteiger partial charge in [0.1, 0.15) is 46.1 Å². The zero-order chi connectivity index (χ0) is 45.2. The summed E-state index contributed by atoms with van der Waals surface area (Å²) >= 11 is 0. The molecular formula is C45H39F2N7O9. The minimum atomic E-state index is -0.832. The zero-order valence-corrected chi connectivity index (χ0v) is 34.0. The third-order valence-corrected chi connectivity index (χ3v) is 8.77. The summed E-state index contributed by atoms with van der Waals surface area (Å²) in [5.74, 6) is -0.783. The molecule has 63 heavy (non-hydrogen) atoms. The highest BCUT2D eigenvalue weighted by atomic mass is 19.1. The van der Waals surface area contributed by atoms with Crippen molar-refractivity contribution in [3.8, 4) is 40.2 Å². The van der Waals surface area contributed by atoms with Gasteiger partial charge in [-0.05, 0) is 74.5 Å². The number of fused-ring (bicyclic) bond motifs is 2. The standard InChI is InChI=1S/C24H18FN3O5.C21H21FN4O4/c1-31-22-13-20-16(12-17(22)23(26)29)21(9-10-27-20)32-15-7-8-19(18(25)11-15)28-24(30)33-14-5-3-2-4-6-14;1-11(2)25-21(28)26-16-5-4-12(8-15(16)22)30-18-6-7-24-17-10-19(29-3)14(20(23)27)9-13(17)18/h2-13H,1H3,(H2,26,29)(H,28,30);4-11H,1-3H3,(H2,23,27)(H2,25,26,28). The van der Waals surface area contributed by atoms with E-state index in [0.717, 1.165) is 12.1 Å². The van der Waals surface area contributed by atoms with Gasteiger partial charge in [-0.1, -0.05) is 18.2 Å². The number of anilines is 2. The van der Waals surface area contributed by atoms with E-state index >= 15 is 0 Å². The molecule has 18 heteroatoms. The van der Waals surface area contributed by atoms with Gasteiger partial charge in [0.2, 0.25) is 0 Å². The average Bonchev–Trinajstić information content (AvgIpc) is 3.25. The monoisotopic (exact) mass is 859 g/mol. The number of ether oxygens (including phenoxy) is 5. The van der Waals surface area contributed by atoms with Gasteiger partial charge >= 0.3 is 12.1 Å². The van der Waals surface area contributed by atoms with E-state index in [1.807, 2.05) is 0 Å². The largest absolute Gasteiger partial charge is 0.496 e. The van der Waals surface area contributed by atoms with Crippen LogP contribution in [0, 0.1) is 11.6 Å². The molecule has 322 valence electrons. The van der Waals surface area contributed by atoms with Crippen molar-refractivity contribution in [2.24, 2.45) is 11.5 Å². The maximum atomic E-state index is 14.6. The molecule has 2 aromatic heterocycles. The topological polar surface area (TPSA) is 228 Å². The number of carbonyl (C=O) groups is 4. The first kappa shape index (κ1) is 44.0. The number of benzene rings is 5. The van der Waals surface area contributed by atoms with Gasteiger partial charge in [-0.2, -0.15) is 0 Å². The number of nitrogens with one attached hydrogen (secondary N) is 3. The fourth-order valence-electron chi connectivity index (χ4n) is 5.92. The molecule has 0 spiro atoms. The molecule has 0 aliphatic carbocycles. The van der Waals surface area contributed by atoms with E-state index in [1.165, 1.54) is 63.0 Å². The first-order valence-corrected chi connectivity index (χ1v) is 18.8. The minimum Gasteiger partial charge on any atom is -0.496 e. The third kappa shape index (κ3) is 11.0. The summed E-state index contributed by atoms with van der Waals surface area (Å²) in [5, 5.41) is 8.39. The number of para-hydroxylation sites is 1. The van der Waals surface area contributed by atoms with Crippen molar-refractivity contribution >= 4 is 57.1 Å². The summed E-state index contributed by atoms with van der Waals surface area (Å²) in [4.78, 5) is 55.7.